The third-order valence-electron chi connectivity index (χ3n) is 4.62. The van der Waals surface area contributed by atoms with Crippen LogP contribution in [0.25, 0.3) is 0 Å². The first-order valence-corrected chi connectivity index (χ1v) is 10.3. The molecule has 7 heteroatoms. The van der Waals surface area contributed by atoms with Crippen LogP contribution in [0.4, 0.5) is 0 Å². The Balaban J connectivity index is 2.34. The number of Topliss-reactive ketones (excluding diaryl/α,β-unsaturated/α-hetero) is 1. The molecule has 0 aliphatic rings. The van der Waals surface area contributed by atoms with Crippen molar-refractivity contribution in [2.24, 2.45) is 13.0 Å². The van der Waals surface area contributed by atoms with Gasteiger partial charge in [0, 0.05) is 24.8 Å². The summed E-state index contributed by atoms with van der Waals surface area (Å²) < 4.78 is 6.81. The van der Waals surface area contributed by atoms with Gasteiger partial charge in [0.1, 0.15) is 5.69 Å². The van der Waals surface area contributed by atoms with Crippen LogP contribution < -0.4 is 0 Å². The van der Waals surface area contributed by atoms with Gasteiger partial charge >= 0.3 is 5.97 Å². The van der Waals surface area contributed by atoms with Crippen LogP contribution in [0.2, 0.25) is 0 Å². The van der Waals surface area contributed by atoms with Gasteiger partial charge in [-0.15, -0.1) is 11.3 Å². The van der Waals surface area contributed by atoms with Crippen LogP contribution in [-0.2, 0) is 11.8 Å². The first-order chi connectivity index (χ1) is 13.2. The fourth-order valence-electron chi connectivity index (χ4n) is 3.35. The van der Waals surface area contributed by atoms with Crippen LogP contribution in [0.1, 0.15) is 62.5 Å². The van der Waals surface area contributed by atoms with Gasteiger partial charge in [0.05, 0.1) is 18.0 Å². The van der Waals surface area contributed by atoms with Crippen molar-refractivity contribution < 1.29 is 19.1 Å². The number of nitrogens with zero attached hydrogens (tertiary/aromatic N) is 2. The van der Waals surface area contributed by atoms with Gasteiger partial charge in [-0.3, -0.25) is 9.59 Å². The average molecular weight is 405 g/mol. The number of thiophene rings is 1. The highest BCUT2D eigenvalue weighted by Crippen LogP contribution is 2.23. The number of carbonyl (C=O) groups is 3. The molecule has 0 saturated heterocycles. The predicted octanol–water partition coefficient (Wildman–Crippen LogP) is 3.86. The summed E-state index contributed by atoms with van der Waals surface area (Å²) in [6.45, 7) is 10.0. The summed E-state index contributed by atoms with van der Waals surface area (Å²) in [5.74, 6) is -0.538. The molecule has 2 aromatic heterocycles. The zero-order chi connectivity index (χ0) is 21.0. The molecule has 0 aliphatic heterocycles. The van der Waals surface area contributed by atoms with Crippen molar-refractivity contribution >= 4 is 29.0 Å². The number of esters is 1. The third-order valence-corrected chi connectivity index (χ3v) is 5.48. The van der Waals surface area contributed by atoms with Crippen LogP contribution >= 0.6 is 11.3 Å². The molecule has 28 heavy (non-hydrogen) atoms. The molecule has 0 fully saturated rings. The Morgan fingerprint density at radius 3 is 2.46 bits per heavy atom. The first kappa shape index (κ1) is 21.9. The Morgan fingerprint density at radius 1 is 1.25 bits per heavy atom. The molecule has 1 amide bonds. The second kappa shape index (κ2) is 9.19. The van der Waals surface area contributed by atoms with Crippen LogP contribution in [0.15, 0.2) is 17.5 Å². The minimum atomic E-state index is -0.446. The van der Waals surface area contributed by atoms with Gasteiger partial charge in [0.15, 0.2) is 5.78 Å². The molecule has 0 N–H and O–H groups in total. The van der Waals surface area contributed by atoms with Gasteiger partial charge in [-0.25, -0.2) is 4.79 Å². The van der Waals surface area contributed by atoms with Gasteiger partial charge in [-0.05, 0) is 43.7 Å². The Morgan fingerprint density at radius 2 is 1.93 bits per heavy atom. The van der Waals surface area contributed by atoms with Crippen LogP contribution in [-0.4, -0.2) is 46.8 Å². The van der Waals surface area contributed by atoms with Crippen molar-refractivity contribution in [2.75, 3.05) is 19.7 Å². The maximum atomic E-state index is 13.1. The average Bonchev–Trinajstić information content (AvgIpc) is 3.21. The fraction of sp³-hybridized carbons (Fsp3) is 0.476. The molecular formula is C21H28N2O4S. The molecule has 6 nitrogen and oxygen atoms in total. The zero-order valence-electron chi connectivity index (χ0n) is 17.4. The largest absolute Gasteiger partial charge is 0.461 e. The number of hydrogen-bond donors (Lipinski definition) is 0. The van der Waals surface area contributed by atoms with E-state index in [1.54, 1.807) is 43.4 Å². The highest BCUT2D eigenvalue weighted by molar-refractivity contribution is 7.12. The van der Waals surface area contributed by atoms with Crippen molar-refractivity contribution in [3.8, 4) is 0 Å². The van der Waals surface area contributed by atoms with Gasteiger partial charge in [-0.1, -0.05) is 19.9 Å². The minimum absolute atomic E-state index is 0.0249. The first-order valence-electron chi connectivity index (χ1n) is 9.37. The summed E-state index contributed by atoms with van der Waals surface area (Å²) >= 11 is 1.36. The number of hydrogen-bond acceptors (Lipinski definition) is 5. The lowest BCUT2D eigenvalue weighted by molar-refractivity contribution is 0.0514. The Bertz CT molecular complexity index is 866. The highest BCUT2D eigenvalue weighted by Gasteiger charge is 2.28. The van der Waals surface area contributed by atoms with E-state index in [1.165, 1.54) is 11.3 Å². The highest BCUT2D eigenvalue weighted by atomic mass is 32.1. The summed E-state index contributed by atoms with van der Waals surface area (Å²) in [6.07, 6.45) is 0. The smallest absolute Gasteiger partial charge is 0.355 e. The molecule has 0 radical (unpaired) electrons. The number of ketones is 1. The van der Waals surface area contributed by atoms with Crippen molar-refractivity contribution in [3.05, 3.63) is 44.9 Å². The van der Waals surface area contributed by atoms with E-state index in [0.717, 1.165) is 0 Å². The van der Waals surface area contributed by atoms with Crippen LogP contribution in [0.5, 0.6) is 0 Å². The van der Waals surface area contributed by atoms with E-state index < -0.39 is 5.97 Å². The third kappa shape index (κ3) is 4.52. The minimum Gasteiger partial charge on any atom is -0.461 e. The van der Waals surface area contributed by atoms with E-state index in [0.29, 0.717) is 33.9 Å². The zero-order valence-corrected chi connectivity index (χ0v) is 18.2. The lowest BCUT2D eigenvalue weighted by Crippen LogP contribution is -2.38. The normalized spacial score (nSPS) is 11.0. The van der Waals surface area contributed by atoms with Crippen molar-refractivity contribution in [1.82, 2.24) is 9.47 Å². The van der Waals surface area contributed by atoms with Gasteiger partial charge in [0.25, 0.3) is 5.91 Å². The molecule has 0 bridgehead atoms. The summed E-state index contributed by atoms with van der Waals surface area (Å²) in [6, 6.07) is 3.59. The molecule has 0 spiro atoms. The summed E-state index contributed by atoms with van der Waals surface area (Å²) in [4.78, 5) is 40.5. The molecule has 152 valence electrons. The number of aromatic nitrogens is 1. The fourth-order valence-corrected chi connectivity index (χ4v) is 4.04. The number of amides is 1. The van der Waals surface area contributed by atoms with E-state index >= 15 is 0 Å². The van der Waals surface area contributed by atoms with Crippen molar-refractivity contribution in [3.63, 3.8) is 0 Å². The summed E-state index contributed by atoms with van der Waals surface area (Å²) in [5.41, 5.74) is 2.15. The molecule has 0 unspecified atom stereocenters. The molecule has 0 aromatic carbocycles. The molecular weight excluding hydrogens is 376 g/mol. The van der Waals surface area contributed by atoms with Gasteiger partial charge < -0.3 is 14.2 Å². The van der Waals surface area contributed by atoms with Gasteiger partial charge in [0.2, 0.25) is 0 Å². The van der Waals surface area contributed by atoms with E-state index in [1.807, 2.05) is 25.3 Å². The maximum absolute atomic E-state index is 13.1. The Kier molecular flexibility index (Phi) is 7.18. The molecule has 0 saturated carbocycles. The van der Waals surface area contributed by atoms with Crippen molar-refractivity contribution in [2.45, 2.75) is 34.6 Å². The van der Waals surface area contributed by atoms with E-state index in [4.69, 9.17) is 4.74 Å². The second-order valence-electron chi connectivity index (χ2n) is 7.19. The predicted molar refractivity (Wildman–Crippen MR) is 110 cm³/mol. The summed E-state index contributed by atoms with van der Waals surface area (Å²) in [7, 11) is 1.74. The maximum Gasteiger partial charge on any atom is 0.355 e. The topological polar surface area (TPSA) is 68.6 Å². The number of carbonyl (C=O) groups excluding carboxylic acids is 3. The van der Waals surface area contributed by atoms with E-state index in [-0.39, 0.29) is 30.8 Å². The molecule has 2 rings (SSSR count). The van der Waals surface area contributed by atoms with Gasteiger partial charge in [-0.2, -0.15) is 0 Å². The number of rotatable bonds is 8. The van der Waals surface area contributed by atoms with Crippen LogP contribution in [0, 0.1) is 19.8 Å². The summed E-state index contributed by atoms with van der Waals surface area (Å²) in [5, 5.41) is 1.85. The monoisotopic (exact) mass is 404 g/mol. The van der Waals surface area contributed by atoms with E-state index in [9.17, 15) is 14.4 Å². The molecule has 0 atom stereocenters. The lowest BCUT2D eigenvalue weighted by atomic mass is 10.0. The Hall–Kier alpha value is -2.41. The second-order valence-corrected chi connectivity index (χ2v) is 8.14. The lowest BCUT2D eigenvalue weighted by Gasteiger charge is -2.23. The van der Waals surface area contributed by atoms with E-state index in [2.05, 4.69) is 0 Å². The molecule has 2 heterocycles. The quantitative estimate of drug-likeness (QED) is 0.495. The molecule has 0 aliphatic carbocycles. The Labute approximate surface area is 170 Å². The van der Waals surface area contributed by atoms with Crippen LogP contribution in [0.3, 0.4) is 0 Å². The number of ether oxygens (including phenoxy) is 1. The molecule has 2 aromatic rings. The van der Waals surface area contributed by atoms with Crippen molar-refractivity contribution in [1.29, 1.82) is 0 Å². The standard InChI is InChI=1S/C21H28N2O4S/c1-7-27-21(26)19-14(4)18(15(5)22(19)6)16(24)12-23(11-13(2)3)20(25)17-9-8-10-28-17/h8-10,13H,7,11-12H2,1-6H3. The SMILES string of the molecule is CCOC(=O)c1c(C)c(C(=O)CN(CC(C)C)C(=O)c2cccs2)c(C)n1C.